The Morgan fingerprint density at radius 2 is 2.18 bits per heavy atom. The minimum Gasteiger partial charge on any atom is -0.793 e. The Labute approximate surface area is 99.7 Å². The Kier molecular flexibility index (Phi) is 11.9. The molecule has 0 N–H and O–H groups in total. The molecule has 6 heteroatoms. The summed E-state index contributed by atoms with van der Waals surface area (Å²) in [6.45, 7) is 2.08. The van der Waals surface area contributed by atoms with E-state index in [2.05, 4.69) is 23.3 Å². The molecule has 0 spiro atoms. The maximum atomic E-state index is 11.0. The summed E-state index contributed by atoms with van der Waals surface area (Å²) in [5.41, 5.74) is -2.70. The molecule has 0 saturated carbocycles. The second-order valence-electron chi connectivity index (χ2n) is 1.82. The van der Waals surface area contributed by atoms with Crippen molar-refractivity contribution in [1.82, 2.24) is 0 Å². The maximum absolute atomic E-state index is 11.0. The van der Waals surface area contributed by atoms with Crippen LogP contribution in [0.4, 0.5) is 0 Å². The molecule has 11 heavy (non-hydrogen) atoms. The summed E-state index contributed by atoms with van der Waals surface area (Å²) in [6.07, 6.45) is 2.15. The van der Waals surface area contributed by atoms with E-state index in [-0.39, 0.29) is 29.6 Å². The summed E-state index contributed by atoms with van der Waals surface area (Å²) >= 11 is 5.91. The van der Waals surface area contributed by atoms with Gasteiger partial charge in [-0.05, 0) is 12.2 Å². The third-order valence-electron chi connectivity index (χ3n) is 0.971. The minimum atomic E-state index is -2.70. The SMILES string of the molecule is CCCCSP([O-])(=S)OC.[Na+]. The van der Waals surface area contributed by atoms with Gasteiger partial charge in [0.05, 0.1) is 0 Å². The second-order valence-corrected chi connectivity index (χ2v) is 8.09. The molecule has 2 nitrogen and oxygen atoms in total. The van der Waals surface area contributed by atoms with Gasteiger partial charge in [0.1, 0.15) is 0 Å². The third kappa shape index (κ3) is 9.84. The van der Waals surface area contributed by atoms with Crippen LogP contribution in [0.3, 0.4) is 0 Å². The van der Waals surface area contributed by atoms with Crippen LogP contribution < -0.4 is 34.5 Å². The van der Waals surface area contributed by atoms with Crippen LogP contribution in [0.1, 0.15) is 19.8 Å². The maximum Gasteiger partial charge on any atom is 1.00 e. The van der Waals surface area contributed by atoms with Crippen LogP contribution in [-0.4, -0.2) is 12.9 Å². The predicted molar refractivity (Wildman–Crippen MR) is 48.7 cm³/mol. The zero-order valence-corrected chi connectivity index (χ0v) is 11.7. The molecule has 1 unspecified atom stereocenters. The zero-order chi connectivity index (χ0) is 8.04. The van der Waals surface area contributed by atoms with Crippen molar-refractivity contribution in [2.24, 2.45) is 0 Å². The Balaban J connectivity index is 0. The van der Waals surface area contributed by atoms with Gasteiger partial charge < -0.3 is 9.42 Å². The molecule has 0 rings (SSSR count). The molecule has 0 fully saturated rings. The molecule has 1 atom stereocenters. The van der Waals surface area contributed by atoms with Crippen molar-refractivity contribution >= 4 is 28.9 Å². The Morgan fingerprint density at radius 1 is 1.64 bits per heavy atom. The van der Waals surface area contributed by atoms with Gasteiger partial charge in [0.2, 0.25) is 0 Å². The van der Waals surface area contributed by atoms with Gasteiger partial charge in [-0.15, -0.1) is 11.4 Å². The van der Waals surface area contributed by atoms with Crippen LogP contribution in [0.5, 0.6) is 0 Å². The quantitative estimate of drug-likeness (QED) is 0.331. The molecule has 0 aromatic heterocycles. The molecular weight excluding hydrogens is 210 g/mol. The van der Waals surface area contributed by atoms with Gasteiger partial charge >= 0.3 is 29.6 Å². The largest absolute Gasteiger partial charge is 1.00 e. The first-order valence-corrected chi connectivity index (χ1v) is 7.36. The molecule has 62 valence electrons. The summed E-state index contributed by atoms with van der Waals surface area (Å²) in [6, 6.07) is 0. The molecule has 0 aliphatic heterocycles. The van der Waals surface area contributed by atoms with Gasteiger partial charge in [-0.3, -0.25) is 0 Å². The Hall–Kier alpha value is 1.92. The number of unbranched alkanes of at least 4 members (excludes halogenated alkanes) is 1. The van der Waals surface area contributed by atoms with Gasteiger partial charge in [0.15, 0.2) is 0 Å². The molecule has 0 aliphatic rings. The molecule has 0 aromatic rings. The fourth-order valence-electron chi connectivity index (χ4n) is 0.373. The molecule has 0 bridgehead atoms. The van der Waals surface area contributed by atoms with E-state index in [1.165, 1.54) is 18.5 Å². The third-order valence-corrected chi connectivity index (χ3v) is 5.55. The summed E-state index contributed by atoms with van der Waals surface area (Å²) in [7, 11) is 1.40. The average molecular weight is 222 g/mol. The second kappa shape index (κ2) is 8.52. The topological polar surface area (TPSA) is 32.3 Å². The first kappa shape index (κ1) is 15.4. The van der Waals surface area contributed by atoms with Gasteiger partial charge in [0.25, 0.3) is 0 Å². The molecule has 0 saturated heterocycles. The van der Waals surface area contributed by atoms with Crippen LogP contribution >= 0.6 is 17.1 Å². The van der Waals surface area contributed by atoms with Crippen molar-refractivity contribution in [3.8, 4) is 0 Å². The standard InChI is InChI=1S/C5H13O2PS2.Na/c1-3-4-5-10-8(6,9)7-2;/h3-5H2,1-2H3,(H,6,9);/q;+1/p-1. The van der Waals surface area contributed by atoms with Crippen LogP contribution in [0.2, 0.25) is 0 Å². The minimum absolute atomic E-state index is 0. The fourth-order valence-corrected chi connectivity index (χ4v) is 3.17. The normalized spacial score (nSPS) is 15.2. The van der Waals surface area contributed by atoms with E-state index in [4.69, 9.17) is 0 Å². The van der Waals surface area contributed by atoms with Crippen molar-refractivity contribution in [2.45, 2.75) is 19.8 Å². The van der Waals surface area contributed by atoms with E-state index < -0.39 is 5.69 Å². The van der Waals surface area contributed by atoms with E-state index in [1.807, 2.05) is 0 Å². The molecular formula is C5H12NaO2PS2. The number of rotatable bonds is 5. The van der Waals surface area contributed by atoms with Gasteiger partial charge in [0, 0.05) is 12.8 Å². The Bertz CT molecular complexity index is 134. The van der Waals surface area contributed by atoms with E-state index in [9.17, 15) is 4.89 Å². The van der Waals surface area contributed by atoms with E-state index in [0.717, 1.165) is 18.6 Å². The summed E-state index contributed by atoms with van der Waals surface area (Å²) in [5, 5.41) is 0. The Morgan fingerprint density at radius 3 is 2.55 bits per heavy atom. The first-order valence-electron chi connectivity index (χ1n) is 3.13. The van der Waals surface area contributed by atoms with Crippen molar-refractivity contribution in [3.05, 3.63) is 0 Å². The van der Waals surface area contributed by atoms with Crippen LogP contribution in [0.25, 0.3) is 0 Å². The average Bonchev–Trinajstić information content (AvgIpc) is 1.89. The van der Waals surface area contributed by atoms with Crippen LogP contribution in [-0.2, 0) is 16.3 Å². The van der Waals surface area contributed by atoms with Crippen molar-refractivity contribution in [2.75, 3.05) is 12.9 Å². The van der Waals surface area contributed by atoms with Crippen molar-refractivity contribution in [3.63, 3.8) is 0 Å². The molecule has 0 heterocycles. The van der Waals surface area contributed by atoms with E-state index >= 15 is 0 Å². The van der Waals surface area contributed by atoms with Crippen LogP contribution in [0, 0.1) is 0 Å². The predicted octanol–water partition coefficient (Wildman–Crippen LogP) is -1.25. The van der Waals surface area contributed by atoms with Gasteiger partial charge in [-0.1, -0.05) is 25.2 Å². The summed E-state index contributed by atoms with van der Waals surface area (Å²) in [5.74, 6) is 0.838. The summed E-state index contributed by atoms with van der Waals surface area (Å²) < 4.78 is 4.62. The summed E-state index contributed by atoms with van der Waals surface area (Å²) in [4.78, 5) is 11.0. The fraction of sp³-hybridized carbons (Fsp3) is 1.00. The van der Waals surface area contributed by atoms with E-state index in [0.29, 0.717) is 0 Å². The molecule has 0 amide bonds. The van der Waals surface area contributed by atoms with Gasteiger partial charge in [-0.25, -0.2) is 0 Å². The molecule has 0 aromatic carbocycles. The molecule has 0 aliphatic carbocycles. The van der Waals surface area contributed by atoms with Crippen molar-refractivity contribution < 1.29 is 39.0 Å². The van der Waals surface area contributed by atoms with Crippen molar-refractivity contribution in [1.29, 1.82) is 0 Å². The zero-order valence-electron chi connectivity index (χ0n) is 7.20. The first-order chi connectivity index (χ1) is 4.62. The number of hydrogen-bond donors (Lipinski definition) is 0. The molecule has 0 radical (unpaired) electrons. The number of hydrogen-bond acceptors (Lipinski definition) is 4. The smallest absolute Gasteiger partial charge is 0.793 e. The van der Waals surface area contributed by atoms with Gasteiger partial charge in [-0.2, -0.15) is 0 Å². The van der Waals surface area contributed by atoms with E-state index in [1.54, 1.807) is 0 Å². The monoisotopic (exact) mass is 222 g/mol. The van der Waals surface area contributed by atoms with Crippen LogP contribution in [0.15, 0.2) is 0 Å².